The maximum absolute atomic E-state index is 13.9. The van der Waals surface area contributed by atoms with Crippen LogP contribution in [0.2, 0.25) is 0 Å². The first-order valence-corrected chi connectivity index (χ1v) is 8.14. The predicted molar refractivity (Wildman–Crippen MR) is 95.1 cm³/mol. The van der Waals surface area contributed by atoms with Crippen LogP contribution in [0.1, 0.15) is 5.56 Å². The fourth-order valence-electron chi connectivity index (χ4n) is 2.79. The van der Waals surface area contributed by atoms with Crippen LogP contribution in [0, 0.1) is 0 Å². The number of ether oxygens (including phenoxy) is 2. The van der Waals surface area contributed by atoms with Gasteiger partial charge in [0.1, 0.15) is 0 Å². The highest BCUT2D eigenvalue weighted by Gasteiger charge is 2.51. The van der Waals surface area contributed by atoms with Gasteiger partial charge in [0.2, 0.25) is 0 Å². The van der Waals surface area contributed by atoms with Gasteiger partial charge in [0, 0.05) is 0 Å². The summed E-state index contributed by atoms with van der Waals surface area (Å²) in [5.74, 6) is -0.820. The van der Waals surface area contributed by atoms with Crippen LogP contribution in [0.5, 0.6) is 11.5 Å². The van der Waals surface area contributed by atoms with Crippen LogP contribution in [0.4, 0.5) is 13.4 Å². The Balaban J connectivity index is 2.08. The van der Waals surface area contributed by atoms with Crippen molar-refractivity contribution in [1.29, 1.82) is 0 Å². The van der Waals surface area contributed by atoms with Crippen LogP contribution >= 0.6 is 0 Å². The molecule has 2 aliphatic rings. The molecule has 0 N–H and O–H groups in total. The molecule has 1 aromatic carbocycles. The normalized spacial score (nSPS) is 18.9. The number of carbonyl (C=O) groups is 2. The van der Waals surface area contributed by atoms with Crippen LogP contribution in [-0.2, 0) is 14.1 Å². The second kappa shape index (κ2) is 6.99. The molecule has 28 heavy (non-hydrogen) atoms. The van der Waals surface area contributed by atoms with E-state index in [1.165, 1.54) is 40.5 Å². The molecule has 3 rings (SSSR count). The number of carbonyl (C=O) groups excluding carboxylic acids is 2. The SMILES string of the molecule is COc1ccc(/C=C/C2=C3C(=O)N(C)C(=O)[N+](C)=C3O[B-](F)(F)O2)cc1OC. The number of imide groups is 1. The largest absolute Gasteiger partial charge is 0.728 e. The topological polar surface area (TPSA) is 77.3 Å². The molecule has 0 fully saturated rings. The summed E-state index contributed by atoms with van der Waals surface area (Å²) in [7, 11) is 0.667. The highest BCUT2D eigenvalue weighted by molar-refractivity contribution is 6.56. The summed E-state index contributed by atoms with van der Waals surface area (Å²) in [4.78, 5) is 25.3. The molecule has 3 amide bonds. The van der Waals surface area contributed by atoms with Crippen LogP contribution in [-0.4, -0.2) is 62.7 Å². The van der Waals surface area contributed by atoms with E-state index in [0.717, 1.165) is 9.48 Å². The molecule has 8 nitrogen and oxygen atoms in total. The van der Waals surface area contributed by atoms with Gasteiger partial charge >= 0.3 is 19.0 Å². The zero-order valence-corrected chi connectivity index (χ0v) is 15.6. The molecule has 1 aromatic rings. The number of hydrogen-bond donors (Lipinski definition) is 0. The van der Waals surface area contributed by atoms with E-state index in [1.807, 2.05) is 0 Å². The maximum atomic E-state index is 13.9. The van der Waals surface area contributed by atoms with Crippen molar-refractivity contribution in [2.45, 2.75) is 0 Å². The van der Waals surface area contributed by atoms with Gasteiger partial charge in [-0.25, -0.2) is 4.79 Å². The highest BCUT2D eigenvalue weighted by Crippen LogP contribution is 2.32. The van der Waals surface area contributed by atoms with E-state index < -0.39 is 30.7 Å². The van der Waals surface area contributed by atoms with E-state index in [9.17, 15) is 18.2 Å². The Kier molecular flexibility index (Phi) is 4.84. The molecule has 148 valence electrons. The number of rotatable bonds is 4. The summed E-state index contributed by atoms with van der Waals surface area (Å²) in [5.41, 5.74) is 0.313. The number of allylic oxidation sites excluding steroid dienone is 1. The molecule has 0 aliphatic carbocycles. The molecule has 0 spiro atoms. The van der Waals surface area contributed by atoms with Gasteiger partial charge in [-0.1, -0.05) is 12.1 Å². The van der Waals surface area contributed by atoms with Gasteiger partial charge in [-0.3, -0.25) is 0 Å². The smallest absolute Gasteiger partial charge is 0.627 e. The Labute approximate surface area is 159 Å². The third kappa shape index (κ3) is 3.30. The van der Waals surface area contributed by atoms with Crippen molar-refractivity contribution in [2.75, 3.05) is 28.3 Å². The highest BCUT2D eigenvalue weighted by atomic mass is 19.3. The zero-order valence-electron chi connectivity index (χ0n) is 15.6. The lowest BCUT2D eigenvalue weighted by atomic mass is 10.0. The molecule has 0 saturated heterocycles. The van der Waals surface area contributed by atoms with Gasteiger partial charge in [-0.15, -0.1) is 0 Å². The third-order valence-electron chi connectivity index (χ3n) is 4.21. The first-order chi connectivity index (χ1) is 13.2. The molecule has 0 radical (unpaired) electrons. The van der Waals surface area contributed by atoms with E-state index in [1.54, 1.807) is 18.2 Å². The van der Waals surface area contributed by atoms with Crippen molar-refractivity contribution < 1.29 is 41.6 Å². The Morgan fingerprint density at radius 1 is 1.11 bits per heavy atom. The third-order valence-corrected chi connectivity index (χ3v) is 4.21. The molecule has 0 aromatic heterocycles. The minimum absolute atomic E-state index is 0.269. The Morgan fingerprint density at radius 3 is 2.43 bits per heavy atom. The molecule has 2 aliphatic heterocycles. The van der Waals surface area contributed by atoms with Gasteiger partial charge < -0.3 is 27.4 Å². The lowest BCUT2D eigenvalue weighted by Gasteiger charge is -2.36. The van der Waals surface area contributed by atoms with Crippen molar-refractivity contribution in [3.63, 3.8) is 0 Å². The van der Waals surface area contributed by atoms with Crippen molar-refractivity contribution in [3.8, 4) is 11.5 Å². The standard InChI is InChI=1S/C17H17BF2N2O6/c1-21-15(23)14-12(27-18(19,20)28-16(14)22(2)17(21)24)8-6-10-5-7-11(25-3)13(9-10)26-4/h5-9H,1-4H3/b8-6+. The number of nitrogens with zero attached hydrogens (tertiary/aromatic N) is 2. The molecular weight excluding hydrogens is 377 g/mol. The van der Waals surface area contributed by atoms with Gasteiger partial charge in [0.25, 0.3) is 5.90 Å². The number of urea groups is 1. The molecule has 2 heterocycles. The monoisotopic (exact) mass is 394 g/mol. The quantitative estimate of drug-likeness (QED) is 0.575. The average Bonchev–Trinajstić information content (AvgIpc) is 2.67. The van der Waals surface area contributed by atoms with Gasteiger partial charge in [-0.05, 0) is 23.8 Å². The van der Waals surface area contributed by atoms with E-state index >= 15 is 0 Å². The molecule has 0 unspecified atom stereocenters. The molecular formula is C17H17BF2N2O6. The number of halogens is 2. The van der Waals surface area contributed by atoms with E-state index in [2.05, 4.69) is 9.31 Å². The first kappa shape index (κ1) is 19.4. The van der Waals surface area contributed by atoms with E-state index in [0.29, 0.717) is 17.1 Å². The first-order valence-electron chi connectivity index (χ1n) is 8.14. The van der Waals surface area contributed by atoms with Crippen molar-refractivity contribution >= 4 is 31.0 Å². The summed E-state index contributed by atoms with van der Waals surface area (Å²) in [5, 5.41) is 0. The van der Waals surface area contributed by atoms with Crippen molar-refractivity contribution in [1.82, 2.24) is 4.90 Å². The van der Waals surface area contributed by atoms with Crippen molar-refractivity contribution in [3.05, 3.63) is 41.2 Å². The number of fused-ring (bicyclic) bond motifs is 1. The minimum atomic E-state index is -4.75. The van der Waals surface area contributed by atoms with E-state index in [4.69, 9.17) is 9.47 Å². The Bertz CT molecular complexity index is 957. The number of benzene rings is 1. The minimum Gasteiger partial charge on any atom is -0.627 e. The Morgan fingerprint density at radius 2 is 1.79 bits per heavy atom. The molecule has 11 heteroatoms. The molecule has 0 bridgehead atoms. The summed E-state index contributed by atoms with van der Waals surface area (Å²) in [6.45, 7) is 0. The molecule has 0 saturated carbocycles. The van der Waals surface area contributed by atoms with Crippen LogP contribution in [0.25, 0.3) is 6.08 Å². The number of likely N-dealkylation sites (N-methyl/N-ethyl adjacent to an activating group) is 1. The van der Waals surface area contributed by atoms with Crippen LogP contribution in [0.3, 0.4) is 0 Å². The fourth-order valence-corrected chi connectivity index (χ4v) is 2.79. The lowest BCUT2D eigenvalue weighted by molar-refractivity contribution is -0.412. The second-order valence-corrected chi connectivity index (χ2v) is 5.97. The van der Waals surface area contributed by atoms with Crippen LogP contribution < -0.4 is 9.47 Å². The fraction of sp³-hybridized carbons (Fsp3) is 0.235. The van der Waals surface area contributed by atoms with Crippen molar-refractivity contribution in [2.24, 2.45) is 0 Å². The van der Waals surface area contributed by atoms with Crippen LogP contribution in [0.15, 0.2) is 35.6 Å². The molecule has 0 atom stereocenters. The van der Waals surface area contributed by atoms with Gasteiger partial charge in [0.05, 0.1) is 34.1 Å². The summed E-state index contributed by atoms with van der Waals surface area (Å²) in [6, 6.07) is 4.14. The van der Waals surface area contributed by atoms with Gasteiger partial charge in [-0.2, -0.15) is 14.3 Å². The lowest BCUT2D eigenvalue weighted by Crippen LogP contribution is -2.54. The predicted octanol–water partition coefficient (Wildman–Crippen LogP) is 2.03. The summed E-state index contributed by atoms with van der Waals surface area (Å²) >= 11 is 0. The van der Waals surface area contributed by atoms with Gasteiger partial charge in [0.15, 0.2) is 17.1 Å². The summed E-state index contributed by atoms with van der Waals surface area (Å²) in [6.07, 6.45) is 2.67. The maximum Gasteiger partial charge on any atom is 0.728 e. The average molecular weight is 394 g/mol. The number of amides is 3. The second-order valence-electron chi connectivity index (χ2n) is 5.97. The number of methoxy groups -OCH3 is 2. The number of hydrogen-bond acceptors (Lipinski definition) is 6. The Hall–Kier alpha value is -3.37. The summed E-state index contributed by atoms with van der Waals surface area (Å²) < 4.78 is 48.1. The zero-order chi connectivity index (χ0) is 20.6. The van der Waals surface area contributed by atoms with E-state index in [-0.39, 0.29) is 5.57 Å².